The van der Waals surface area contributed by atoms with Gasteiger partial charge in [0, 0.05) is 37.5 Å². The Balaban J connectivity index is 0.000000383. The fourth-order valence-corrected chi connectivity index (χ4v) is 3.14. The largest absolute Gasteiger partial charge is 0.490 e. The van der Waals surface area contributed by atoms with Crippen molar-refractivity contribution in [3.05, 3.63) is 53.7 Å². The molecule has 4 aromatic rings. The number of imidazole rings is 1. The first-order valence-corrected chi connectivity index (χ1v) is 9.87. The first kappa shape index (κ1) is 23.7. The van der Waals surface area contributed by atoms with E-state index in [9.17, 15) is 13.2 Å². The van der Waals surface area contributed by atoms with E-state index in [1.165, 1.54) is 0 Å². The summed E-state index contributed by atoms with van der Waals surface area (Å²) in [5.74, 6) is -1.19. The minimum atomic E-state index is -5.08. The van der Waals surface area contributed by atoms with Gasteiger partial charge < -0.3 is 15.4 Å². The second-order valence-corrected chi connectivity index (χ2v) is 7.12. The number of carboxylic acid groups (broad SMARTS) is 1. The van der Waals surface area contributed by atoms with Crippen LogP contribution in [0.3, 0.4) is 0 Å². The number of H-pyrrole nitrogens is 1. The molecule has 0 aliphatic carbocycles. The average Bonchev–Trinajstić information content (AvgIpc) is 3.27. The van der Waals surface area contributed by atoms with Gasteiger partial charge in [0.15, 0.2) is 0 Å². The van der Waals surface area contributed by atoms with E-state index in [1.807, 2.05) is 55.9 Å². The Bertz CT molecular complexity index is 1230. The Morgan fingerprint density at radius 3 is 2.48 bits per heavy atom. The number of nitrogens with one attached hydrogen (secondary N) is 2. The van der Waals surface area contributed by atoms with Crippen molar-refractivity contribution in [3.63, 3.8) is 0 Å². The van der Waals surface area contributed by atoms with Crippen LogP contribution in [0.2, 0.25) is 0 Å². The summed E-state index contributed by atoms with van der Waals surface area (Å²) in [6, 6.07) is 9.96. The average molecular weight is 461 g/mol. The van der Waals surface area contributed by atoms with Gasteiger partial charge in [-0.05, 0) is 32.0 Å². The van der Waals surface area contributed by atoms with Gasteiger partial charge in [0.1, 0.15) is 5.82 Å². The highest BCUT2D eigenvalue weighted by Crippen LogP contribution is 2.25. The van der Waals surface area contributed by atoms with Crippen LogP contribution in [-0.4, -0.2) is 53.5 Å². The third-order valence-electron chi connectivity index (χ3n) is 4.75. The lowest BCUT2D eigenvalue weighted by Gasteiger charge is -2.06. The number of halogens is 3. The monoisotopic (exact) mass is 461 g/mol. The number of alkyl halides is 3. The molecule has 9 nitrogen and oxygen atoms in total. The molecule has 0 fully saturated rings. The van der Waals surface area contributed by atoms with Gasteiger partial charge in [0.2, 0.25) is 5.95 Å². The number of carboxylic acids is 1. The topological polar surface area (TPSA) is 122 Å². The molecular formula is C21H22F3N7O2. The van der Waals surface area contributed by atoms with Crippen LogP contribution in [0.4, 0.5) is 19.1 Å². The second-order valence-electron chi connectivity index (χ2n) is 7.12. The molecule has 0 saturated carbocycles. The second kappa shape index (κ2) is 9.67. The van der Waals surface area contributed by atoms with Crippen molar-refractivity contribution in [2.45, 2.75) is 26.4 Å². The van der Waals surface area contributed by atoms with Crippen LogP contribution in [0, 0.1) is 13.8 Å². The number of anilines is 1. The van der Waals surface area contributed by atoms with E-state index in [4.69, 9.17) is 9.90 Å². The number of para-hydroxylation sites is 2. The van der Waals surface area contributed by atoms with Crippen molar-refractivity contribution >= 4 is 23.0 Å². The summed E-state index contributed by atoms with van der Waals surface area (Å²) in [5, 5.41) is 14.9. The summed E-state index contributed by atoms with van der Waals surface area (Å²) in [7, 11) is 1.94. The Morgan fingerprint density at radius 2 is 1.88 bits per heavy atom. The minimum absolute atomic E-state index is 0.612. The molecule has 3 heterocycles. The van der Waals surface area contributed by atoms with E-state index in [2.05, 4.69) is 30.4 Å². The molecule has 33 heavy (non-hydrogen) atoms. The summed E-state index contributed by atoms with van der Waals surface area (Å²) in [4.78, 5) is 25.8. The summed E-state index contributed by atoms with van der Waals surface area (Å²) in [6.45, 7) is 4.75. The first-order valence-electron chi connectivity index (χ1n) is 9.87. The number of nitrogens with zero attached hydrogens (tertiary/aromatic N) is 5. The number of aromatic amines is 1. The van der Waals surface area contributed by atoms with Crippen molar-refractivity contribution in [1.82, 2.24) is 29.7 Å². The molecular weight excluding hydrogens is 439 g/mol. The van der Waals surface area contributed by atoms with Crippen LogP contribution in [-0.2, 0) is 18.3 Å². The molecule has 3 N–H and O–H groups in total. The van der Waals surface area contributed by atoms with E-state index in [0.717, 1.165) is 45.9 Å². The van der Waals surface area contributed by atoms with Gasteiger partial charge in [0.05, 0.1) is 22.4 Å². The summed E-state index contributed by atoms with van der Waals surface area (Å²) in [5.41, 5.74) is 6.06. The number of aromatic nitrogens is 6. The van der Waals surface area contributed by atoms with E-state index in [-0.39, 0.29) is 0 Å². The summed E-state index contributed by atoms with van der Waals surface area (Å²) >= 11 is 0. The maximum atomic E-state index is 10.6. The van der Waals surface area contributed by atoms with Gasteiger partial charge in [-0.15, -0.1) is 0 Å². The summed E-state index contributed by atoms with van der Waals surface area (Å²) < 4.78 is 33.6. The van der Waals surface area contributed by atoms with Crippen LogP contribution in [0.5, 0.6) is 0 Å². The maximum Gasteiger partial charge on any atom is 0.490 e. The molecule has 0 amide bonds. The fourth-order valence-electron chi connectivity index (χ4n) is 3.14. The third kappa shape index (κ3) is 5.84. The van der Waals surface area contributed by atoms with Crippen molar-refractivity contribution < 1.29 is 23.1 Å². The minimum Gasteiger partial charge on any atom is -0.475 e. The standard InChI is InChI=1S/C19H21N7.C2HF3O2/c1-12-18(13(2)26(3)25-12)16-8-10-20-19(24-16)21-11-9-17-22-14-6-4-5-7-15(14)23-17;3-2(4,5)1(6)7/h4-8,10H,9,11H2,1-3H3,(H,22,23)(H,20,21,24);(H,6,7). The van der Waals surface area contributed by atoms with Crippen LogP contribution >= 0.6 is 0 Å². The number of benzene rings is 1. The van der Waals surface area contributed by atoms with E-state index in [1.54, 1.807) is 6.20 Å². The van der Waals surface area contributed by atoms with Crippen molar-refractivity contribution in [3.8, 4) is 11.3 Å². The molecule has 3 aromatic heterocycles. The van der Waals surface area contributed by atoms with E-state index >= 15 is 0 Å². The van der Waals surface area contributed by atoms with Crippen molar-refractivity contribution in [2.75, 3.05) is 11.9 Å². The number of aliphatic carboxylic acids is 1. The Morgan fingerprint density at radius 1 is 1.18 bits per heavy atom. The highest BCUT2D eigenvalue weighted by Gasteiger charge is 2.38. The number of hydrogen-bond donors (Lipinski definition) is 3. The predicted molar refractivity (Wildman–Crippen MR) is 116 cm³/mol. The molecule has 0 bridgehead atoms. The van der Waals surface area contributed by atoms with Crippen LogP contribution < -0.4 is 5.32 Å². The molecule has 0 spiro atoms. The van der Waals surface area contributed by atoms with Gasteiger partial charge in [-0.1, -0.05) is 12.1 Å². The first-order chi connectivity index (χ1) is 15.6. The molecule has 0 atom stereocenters. The molecule has 0 radical (unpaired) electrons. The zero-order valence-corrected chi connectivity index (χ0v) is 18.1. The highest BCUT2D eigenvalue weighted by molar-refractivity contribution is 5.74. The molecule has 12 heteroatoms. The number of carbonyl (C=O) groups is 1. The van der Waals surface area contributed by atoms with Crippen LogP contribution in [0.1, 0.15) is 17.2 Å². The van der Waals surface area contributed by atoms with Crippen LogP contribution in [0.25, 0.3) is 22.3 Å². The maximum absolute atomic E-state index is 10.6. The van der Waals surface area contributed by atoms with Gasteiger partial charge in [-0.3, -0.25) is 4.68 Å². The van der Waals surface area contributed by atoms with Gasteiger partial charge in [-0.2, -0.15) is 18.3 Å². The zero-order chi connectivity index (χ0) is 24.2. The summed E-state index contributed by atoms with van der Waals surface area (Å²) in [6.07, 6.45) is -2.54. The molecule has 0 unspecified atom stereocenters. The number of aryl methyl sites for hydroxylation is 2. The number of rotatable bonds is 5. The van der Waals surface area contributed by atoms with Gasteiger partial charge in [-0.25, -0.2) is 19.7 Å². The molecule has 1 aromatic carbocycles. The quantitative estimate of drug-likeness (QED) is 0.415. The number of hydrogen-bond acceptors (Lipinski definition) is 6. The van der Waals surface area contributed by atoms with Crippen molar-refractivity contribution in [1.29, 1.82) is 0 Å². The van der Waals surface area contributed by atoms with E-state index < -0.39 is 12.1 Å². The van der Waals surface area contributed by atoms with E-state index in [0.29, 0.717) is 12.5 Å². The fraction of sp³-hybridized carbons (Fsp3) is 0.286. The highest BCUT2D eigenvalue weighted by atomic mass is 19.4. The molecule has 174 valence electrons. The lowest BCUT2D eigenvalue weighted by molar-refractivity contribution is -0.192. The Labute approximate surface area is 186 Å². The van der Waals surface area contributed by atoms with Gasteiger partial charge in [0.25, 0.3) is 0 Å². The normalized spacial score (nSPS) is 11.2. The molecule has 4 rings (SSSR count). The van der Waals surface area contributed by atoms with Crippen molar-refractivity contribution in [2.24, 2.45) is 7.05 Å². The van der Waals surface area contributed by atoms with Gasteiger partial charge >= 0.3 is 12.1 Å². The Kier molecular flexibility index (Phi) is 6.95. The number of fused-ring (bicyclic) bond motifs is 1. The molecule has 0 saturated heterocycles. The SMILES string of the molecule is Cc1nn(C)c(C)c1-c1ccnc(NCCc2nc3ccccc3[nH]2)n1.O=C(O)C(F)(F)F. The lowest BCUT2D eigenvalue weighted by atomic mass is 10.1. The smallest absolute Gasteiger partial charge is 0.475 e. The Hall–Kier alpha value is -3.96. The zero-order valence-electron chi connectivity index (χ0n) is 18.1. The molecule has 0 aliphatic rings. The lowest BCUT2D eigenvalue weighted by Crippen LogP contribution is -2.21. The molecule has 0 aliphatic heterocycles. The third-order valence-corrected chi connectivity index (χ3v) is 4.75. The van der Waals surface area contributed by atoms with Crippen LogP contribution in [0.15, 0.2) is 36.5 Å². The predicted octanol–water partition coefficient (Wildman–Crippen LogP) is 3.66.